The molecule has 6 heteroatoms. The number of hydrogen-bond acceptors (Lipinski definition) is 5. The summed E-state index contributed by atoms with van der Waals surface area (Å²) in [6.45, 7) is 4.25. The van der Waals surface area contributed by atoms with Crippen molar-refractivity contribution in [1.82, 2.24) is 9.88 Å². The van der Waals surface area contributed by atoms with Gasteiger partial charge in [-0.05, 0) is 24.6 Å². The van der Waals surface area contributed by atoms with Crippen LogP contribution in [-0.2, 0) is 20.9 Å². The molecule has 0 aliphatic carbocycles. The number of amides is 1. The van der Waals surface area contributed by atoms with E-state index >= 15 is 0 Å². The number of nitrogens with zero attached hydrogens (tertiary/aromatic N) is 2. The van der Waals surface area contributed by atoms with Crippen molar-refractivity contribution in [3.63, 3.8) is 0 Å². The van der Waals surface area contributed by atoms with Crippen molar-refractivity contribution in [3.05, 3.63) is 65.5 Å². The van der Waals surface area contributed by atoms with E-state index in [9.17, 15) is 14.4 Å². The van der Waals surface area contributed by atoms with Gasteiger partial charge in [0.2, 0.25) is 5.91 Å². The maximum atomic E-state index is 12.8. The van der Waals surface area contributed by atoms with E-state index in [2.05, 4.69) is 4.98 Å². The highest BCUT2D eigenvalue weighted by molar-refractivity contribution is 5.98. The average Bonchev–Trinajstić information content (AvgIpc) is 2.71. The second-order valence-electron chi connectivity index (χ2n) is 6.84. The smallest absolute Gasteiger partial charge is 0.310 e. The van der Waals surface area contributed by atoms with E-state index in [0.29, 0.717) is 12.1 Å². The minimum absolute atomic E-state index is 0.0711. The minimum Gasteiger partial charge on any atom is -0.469 e. The van der Waals surface area contributed by atoms with Gasteiger partial charge in [0.05, 0.1) is 13.0 Å². The molecular formula is C22H26N2O4. The zero-order valence-corrected chi connectivity index (χ0v) is 16.6. The van der Waals surface area contributed by atoms with Crippen LogP contribution in [-0.4, -0.2) is 41.2 Å². The van der Waals surface area contributed by atoms with Gasteiger partial charge in [-0.25, -0.2) is 0 Å². The number of ether oxygens (including phenoxy) is 1. The Kier molecular flexibility index (Phi) is 7.87. The van der Waals surface area contributed by atoms with Crippen LogP contribution in [0.4, 0.5) is 0 Å². The third kappa shape index (κ3) is 6.30. The molecule has 0 aliphatic rings. The molecule has 148 valence electrons. The Labute approximate surface area is 165 Å². The Bertz CT molecular complexity index is 803. The highest BCUT2D eigenvalue weighted by Crippen LogP contribution is 2.13. The van der Waals surface area contributed by atoms with Gasteiger partial charge in [0, 0.05) is 43.9 Å². The Morgan fingerprint density at radius 1 is 1.04 bits per heavy atom. The Morgan fingerprint density at radius 2 is 1.68 bits per heavy atom. The Hall–Kier alpha value is -3.02. The van der Waals surface area contributed by atoms with Gasteiger partial charge in [-0.3, -0.25) is 19.4 Å². The number of esters is 1. The highest BCUT2D eigenvalue weighted by Gasteiger charge is 2.22. The van der Waals surface area contributed by atoms with Gasteiger partial charge in [-0.2, -0.15) is 0 Å². The number of Topliss-reactive ketones (excluding diaryl/α,β-unsaturated/α-hetero) is 1. The van der Waals surface area contributed by atoms with Crippen LogP contribution in [0.3, 0.4) is 0 Å². The summed E-state index contributed by atoms with van der Waals surface area (Å²) in [5.41, 5.74) is 2.58. The third-order valence-electron chi connectivity index (χ3n) is 4.51. The summed E-state index contributed by atoms with van der Waals surface area (Å²) in [6, 6.07) is 10.9. The highest BCUT2D eigenvalue weighted by atomic mass is 16.5. The van der Waals surface area contributed by atoms with Crippen LogP contribution in [0.2, 0.25) is 0 Å². The first kappa shape index (κ1) is 21.3. The lowest BCUT2D eigenvalue weighted by Crippen LogP contribution is -2.37. The summed E-state index contributed by atoms with van der Waals surface area (Å²) in [7, 11) is 1.33. The number of pyridine rings is 1. The lowest BCUT2D eigenvalue weighted by molar-refractivity contribution is -0.146. The average molecular weight is 382 g/mol. The molecule has 0 N–H and O–H groups in total. The van der Waals surface area contributed by atoms with Crippen LogP contribution < -0.4 is 0 Å². The standard InChI is InChI=1S/C22H26N2O4/c1-16-4-6-19(7-5-16)20(25)8-9-21(26)24(14-17(2)22(27)28-3)15-18-10-12-23-13-11-18/h4-7,10-13,17H,8-9,14-15H2,1-3H3. The van der Waals surface area contributed by atoms with Crippen LogP contribution in [0.25, 0.3) is 0 Å². The number of benzene rings is 1. The molecule has 28 heavy (non-hydrogen) atoms. The van der Waals surface area contributed by atoms with Gasteiger partial charge in [0.15, 0.2) is 5.78 Å². The molecule has 2 aromatic rings. The molecule has 1 atom stereocenters. The lowest BCUT2D eigenvalue weighted by atomic mass is 10.0. The van der Waals surface area contributed by atoms with Crippen LogP contribution in [0.1, 0.15) is 41.3 Å². The predicted molar refractivity (Wildman–Crippen MR) is 106 cm³/mol. The molecule has 0 aliphatic heterocycles. The molecule has 1 heterocycles. The molecule has 0 bridgehead atoms. The first-order valence-corrected chi connectivity index (χ1v) is 9.25. The van der Waals surface area contributed by atoms with E-state index in [4.69, 9.17) is 4.74 Å². The number of carbonyl (C=O) groups excluding carboxylic acids is 3. The number of aryl methyl sites for hydroxylation is 1. The van der Waals surface area contributed by atoms with E-state index in [1.807, 2.05) is 31.2 Å². The van der Waals surface area contributed by atoms with Crippen molar-refractivity contribution < 1.29 is 19.1 Å². The molecule has 1 unspecified atom stereocenters. The van der Waals surface area contributed by atoms with Crippen LogP contribution >= 0.6 is 0 Å². The second kappa shape index (κ2) is 10.3. The Morgan fingerprint density at radius 3 is 2.29 bits per heavy atom. The summed E-state index contributed by atoms with van der Waals surface area (Å²) in [5, 5.41) is 0. The topological polar surface area (TPSA) is 76.6 Å². The molecule has 2 rings (SSSR count). The largest absolute Gasteiger partial charge is 0.469 e. The molecule has 6 nitrogen and oxygen atoms in total. The molecule has 0 radical (unpaired) electrons. The first-order chi connectivity index (χ1) is 13.4. The normalized spacial score (nSPS) is 11.5. The van der Waals surface area contributed by atoms with Crippen molar-refractivity contribution in [2.24, 2.45) is 5.92 Å². The second-order valence-corrected chi connectivity index (χ2v) is 6.84. The van der Waals surface area contributed by atoms with Gasteiger partial charge >= 0.3 is 5.97 Å². The lowest BCUT2D eigenvalue weighted by Gasteiger charge is -2.25. The summed E-state index contributed by atoms with van der Waals surface area (Å²) in [4.78, 5) is 42.5. The number of methoxy groups -OCH3 is 1. The van der Waals surface area contributed by atoms with E-state index < -0.39 is 5.92 Å². The van der Waals surface area contributed by atoms with Crippen molar-refractivity contribution in [1.29, 1.82) is 0 Å². The molecule has 0 fully saturated rings. The van der Waals surface area contributed by atoms with Crippen LogP contribution in [0.5, 0.6) is 0 Å². The van der Waals surface area contributed by atoms with Crippen molar-refractivity contribution in [2.45, 2.75) is 33.2 Å². The van der Waals surface area contributed by atoms with E-state index in [0.717, 1.165) is 11.1 Å². The van der Waals surface area contributed by atoms with Gasteiger partial charge in [-0.15, -0.1) is 0 Å². The van der Waals surface area contributed by atoms with E-state index in [-0.39, 0.29) is 37.0 Å². The fraction of sp³-hybridized carbons (Fsp3) is 0.364. The summed E-state index contributed by atoms with van der Waals surface area (Å²) < 4.78 is 4.77. The Balaban J connectivity index is 2.03. The van der Waals surface area contributed by atoms with Gasteiger partial charge in [0.25, 0.3) is 0 Å². The SMILES string of the molecule is COC(=O)C(C)CN(Cc1ccncc1)C(=O)CCC(=O)c1ccc(C)cc1. The number of aromatic nitrogens is 1. The monoisotopic (exact) mass is 382 g/mol. The molecular weight excluding hydrogens is 356 g/mol. The molecule has 1 aromatic carbocycles. The number of ketones is 1. The van der Waals surface area contributed by atoms with Crippen molar-refractivity contribution >= 4 is 17.7 Å². The van der Waals surface area contributed by atoms with Gasteiger partial charge in [0.1, 0.15) is 0 Å². The molecule has 0 saturated heterocycles. The molecule has 1 amide bonds. The molecule has 1 aromatic heterocycles. The summed E-state index contributed by atoms with van der Waals surface area (Å²) in [5.74, 6) is -1.07. The molecule has 0 spiro atoms. The fourth-order valence-electron chi connectivity index (χ4n) is 2.83. The molecule has 0 saturated carbocycles. The van der Waals surface area contributed by atoms with E-state index in [1.54, 1.807) is 36.4 Å². The zero-order chi connectivity index (χ0) is 20.5. The van der Waals surface area contributed by atoms with E-state index in [1.165, 1.54) is 7.11 Å². The summed E-state index contributed by atoms with van der Waals surface area (Å²) in [6.07, 6.45) is 3.53. The van der Waals surface area contributed by atoms with Gasteiger partial charge < -0.3 is 9.64 Å². The number of carbonyl (C=O) groups is 3. The maximum Gasteiger partial charge on any atom is 0.310 e. The maximum absolute atomic E-state index is 12.8. The van der Waals surface area contributed by atoms with Crippen LogP contribution in [0, 0.1) is 12.8 Å². The number of rotatable bonds is 9. The predicted octanol–water partition coefficient (Wildman–Crippen LogP) is 3.19. The minimum atomic E-state index is -0.455. The van der Waals surface area contributed by atoms with Crippen molar-refractivity contribution in [2.75, 3.05) is 13.7 Å². The van der Waals surface area contributed by atoms with Gasteiger partial charge in [-0.1, -0.05) is 36.8 Å². The quantitative estimate of drug-likeness (QED) is 0.492. The third-order valence-corrected chi connectivity index (χ3v) is 4.51. The zero-order valence-electron chi connectivity index (χ0n) is 16.6. The van der Waals surface area contributed by atoms with Crippen molar-refractivity contribution in [3.8, 4) is 0 Å². The fourth-order valence-corrected chi connectivity index (χ4v) is 2.83. The van der Waals surface area contributed by atoms with Crippen LogP contribution in [0.15, 0.2) is 48.8 Å². The summed E-state index contributed by atoms with van der Waals surface area (Å²) >= 11 is 0. The first-order valence-electron chi connectivity index (χ1n) is 9.25. The number of hydrogen-bond donors (Lipinski definition) is 0.